The number of nitrogens with zero attached hydrogens (tertiary/aromatic N) is 1. The normalized spacial score (nSPS) is 22.6. The first-order valence-corrected chi connectivity index (χ1v) is 7.51. The van der Waals surface area contributed by atoms with E-state index >= 15 is 0 Å². The molecule has 0 radical (unpaired) electrons. The van der Waals surface area contributed by atoms with Crippen molar-refractivity contribution in [3.05, 3.63) is 27.5 Å². The molecule has 1 N–H and O–H groups in total. The van der Waals surface area contributed by atoms with Crippen LogP contribution < -0.4 is 0 Å². The third-order valence-electron chi connectivity index (χ3n) is 3.82. The van der Waals surface area contributed by atoms with Crippen molar-refractivity contribution in [2.75, 3.05) is 13.1 Å². The lowest BCUT2D eigenvalue weighted by Gasteiger charge is -2.14. The third-order valence-corrected chi connectivity index (χ3v) is 5.01. The highest BCUT2D eigenvalue weighted by Crippen LogP contribution is 2.28. The summed E-state index contributed by atoms with van der Waals surface area (Å²) in [5.74, 6) is 0.148. The zero-order valence-electron chi connectivity index (χ0n) is 11.9. The Balaban J connectivity index is 2.16. The lowest BCUT2D eigenvalue weighted by molar-refractivity contribution is -0.131. The van der Waals surface area contributed by atoms with Gasteiger partial charge in [0.05, 0.1) is 4.88 Å². The molecule has 0 saturated carbocycles. The van der Waals surface area contributed by atoms with E-state index in [1.807, 2.05) is 17.9 Å². The van der Waals surface area contributed by atoms with Crippen LogP contribution >= 0.6 is 11.3 Å². The van der Waals surface area contributed by atoms with Crippen molar-refractivity contribution in [2.45, 2.75) is 20.8 Å². The number of thiophene rings is 1. The summed E-state index contributed by atoms with van der Waals surface area (Å²) in [4.78, 5) is 26.4. The molecule has 2 heterocycles. The number of carbonyl (C=O) groups is 2. The predicted octanol–water partition coefficient (Wildman–Crippen LogP) is 2.88. The molecule has 1 aromatic heterocycles. The first-order valence-electron chi connectivity index (χ1n) is 6.69. The van der Waals surface area contributed by atoms with Crippen molar-refractivity contribution >= 4 is 29.3 Å². The third kappa shape index (κ3) is 3.10. The number of aliphatic carboxylic acids is 1. The molecule has 4 nitrogen and oxygen atoms in total. The van der Waals surface area contributed by atoms with Gasteiger partial charge in [-0.3, -0.25) is 4.79 Å². The van der Waals surface area contributed by atoms with E-state index in [1.165, 1.54) is 11.3 Å². The van der Waals surface area contributed by atoms with Crippen molar-refractivity contribution < 1.29 is 14.7 Å². The molecule has 2 unspecified atom stereocenters. The summed E-state index contributed by atoms with van der Waals surface area (Å²) in [7, 11) is 0. The number of rotatable bonds is 3. The van der Waals surface area contributed by atoms with Gasteiger partial charge in [0.2, 0.25) is 0 Å². The summed E-state index contributed by atoms with van der Waals surface area (Å²) in [6.45, 7) is 7.83. The highest BCUT2D eigenvalue weighted by atomic mass is 32.1. The smallest absolute Gasteiger partial charge is 0.328 e. The molecule has 1 saturated heterocycles. The number of hydrogen-bond acceptors (Lipinski definition) is 3. The van der Waals surface area contributed by atoms with Gasteiger partial charge in [0.15, 0.2) is 0 Å². The van der Waals surface area contributed by atoms with Crippen LogP contribution in [0.5, 0.6) is 0 Å². The minimum atomic E-state index is -0.979. The van der Waals surface area contributed by atoms with Crippen LogP contribution in [0, 0.1) is 18.8 Å². The lowest BCUT2D eigenvalue weighted by Crippen LogP contribution is -2.28. The largest absolute Gasteiger partial charge is 0.478 e. The zero-order chi connectivity index (χ0) is 14.9. The molecule has 2 rings (SSSR count). The fourth-order valence-electron chi connectivity index (χ4n) is 2.37. The number of carboxylic acids is 1. The SMILES string of the molecule is Cc1cc(C(=O)N2CC(C)C(C)C2)sc1/C=C/C(=O)O. The van der Waals surface area contributed by atoms with Crippen LogP contribution in [0.25, 0.3) is 6.08 Å². The minimum Gasteiger partial charge on any atom is -0.478 e. The Morgan fingerprint density at radius 2 is 1.95 bits per heavy atom. The first-order chi connectivity index (χ1) is 9.38. The number of hydrogen-bond donors (Lipinski definition) is 1. The molecule has 1 fully saturated rings. The zero-order valence-corrected chi connectivity index (χ0v) is 12.7. The van der Waals surface area contributed by atoms with Gasteiger partial charge in [0, 0.05) is 24.0 Å². The average Bonchev–Trinajstić information content (AvgIpc) is 2.90. The van der Waals surface area contributed by atoms with Crippen LogP contribution in [-0.2, 0) is 4.79 Å². The maximum absolute atomic E-state index is 12.4. The predicted molar refractivity (Wildman–Crippen MR) is 80.0 cm³/mol. The minimum absolute atomic E-state index is 0.0595. The number of likely N-dealkylation sites (tertiary alicyclic amines) is 1. The highest BCUT2D eigenvalue weighted by Gasteiger charge is 2.30. The van der Waals surface area contributed by atoms with Gasteiger partial charge < -0.3 is 10.0 Å². The second-order valence-corrected chi connectivity index (χ2v) is 6.58. The van der Waals surface area contributed by atoms with E-state index in [1.54, 1.807) is 6.08 Å². The molecular formula is C15H19NO3S. The topological polar surface area (TPSA) is 57.6 Å². The monoisotopic (exact) mass is 293 g/mol. The molecule has 2 atom stereocenters. The van der Waals surface area contributed by atoms with Gasteiger partial charge in [-0.15, -0.1) is 11.3 Å². The molecule has 1 amide bonds. The lowest BCUT2D eigenvalue weighted by atomic mass is 10.0. The Morgan fingerprint density at radius 3 is 2.50 bits per heavy atom. The Bertz CT molecular complexity index is 551. The van der Waals surface area contributed by atoms with Crippen molar-refractivity contribution in [3.8, 4) is 0 Å². The van der Waals surface area contributed by atoms with Crippen LogP contribution in [0.2, 0.25) is 0 Å². The molecule has 1 aromatic rings. The molecule has 20 heavy (non-hydrogen) atoms. The summed E-state index contributed by atoms with van der Waals surface area (Å²) >= 11 is 1.36. The molecular weight excluding hydrogens is 274 g/mol. The van der Waals surface area contributed by atoms with E-state index in [2.05, 4.69) is 13.8 Å². The van der Waals surface area contributed by atoms with Gasteiger partial charge in [0.25, 0.3) is 5.91 Å². The van der Waals surface area contributed by atoms with E-state index in [9.17, 15) is 9.59 Å². The Hall–Kier alpha value is -1.62. The molecule has 5 heteroatoms. The fourth-order valence-corrected chi connectivity index (χ4v) is 3.41. The van der Waals surface area contributed by atoms with Gasteiger partial charge in [-0.2, -0.15) is 0 Å². The van der Waals surface area contributed by atoms with Crippen molar-refractivity contribution in [2.24, 2.45) is 11.8 Å². The quantitative estimate of drug-likeness (QED) is 0.872. The molecule has 0 aliphatic carbocycles. The summed E-state index contributed by atoms with van der Waals surface area (Å²) in [5, 5.41) is 8.66. The fraction of sp³-hybridized carbons (Fsp3) is 0.467. The van der Waals surface area contributed by atoms with E-state index in [-0.39, 0.29) is 5.91 Å². The highest BCUT2D eigenvalue weighted by molar-refractivity contribution is 7.15. The number of aryl methyl sites for hydroxylation is 1. The van der Waals surface area contributed by atoms with E-state index in [4.69, 9.17) is 5.11 Å². The van der Waals surface area contributed by atoms with Crippen LogP contribution in [0.1, 0.15) is 34.0 Å². The Kier molecular flexibility index (Phi) is 4.28. The summed E-state index contributed by atoms with van der Waals surface area (Å²) < 4.78 is 0. The molecule has 1 aliphatic rings. The van der Waals surface area contributed by atoms with Crippen molar-refractivity contribution in [1.29, 1.82) is 0 Å². The molecule has 0 bridgehead atoms. The molecule has 0 spiro atoms. The first kappa shape index (κ1) is 14.8. The van der Waals surface area contributed by atoms with Gasteiger partial charge in [-0.1, -0.05) is 13.8 Å². The summed E-state index contributed by atoms with van der Waals surface area (Å²) in [6, 6.07) is 1.85. The number of carbonyl (C=O) groups excluding carboxylic acids is 1. The van der Waals surface area contributed by atoms with Crippen LogP contribution in [0.15, 0.2) is 12.1 Å². The van der Waals surface area contributed by atoms with E-state index in [0.29, 0.717) is 16.7 Å². The van der Waals surface area contributed by atoms with E-state index in [0.717, 1.165) is 29.6 Å². The summed E-state index contributed by atoms with van der Waals surface area (Å²) in [6.07, 6.45) is 2.65. The molecule has 0 aromatic carbocycles. The average molecular weight is 293 g/mol. The van der Waals surface area contributed by atoms with Crippen LogP contribution in [0.3, 0.4) is 0 Å². The van der Waals surface area contributed by atoms with E-state index < -0.39 is 5.97 Å². The van der Waals surface area contributed by atoms with Gasteiger partial charge in [-0.25, -0.2) is 4.79 Å². The second-order valence-electron chi connectivity index (χ2n) is 5.49. The number of carboxylic acid groups (broad SMARTS) is 1. The van der Waals surface area contributed by atoms with Gasteiger partial charge in [-0.05, 0) is 36.5 Å². The van der Waals surface area contributed by atoms with Crippen LogP contribution in [0.4, 0.5) is 0 Å². The van der Waals surface area contributed by atoms with Crippen molar-refractivity contribution in [1.82, 2.24) is 4.90 Å². The second kappa shape index (κ2) is 5.79. The Labute approximate surface area is 122 Å². The maximum Gasteiger partial charge on any atom is 0.328 e. The molecule has 1 aliphatic heterocycles. The Morgan fingerprint density at radius 1 is 1.35 bits per heavy atom. The van der Waals surface area contributed by atoms with Gasteiger partial charge in [0.1, 0.15) is 0 Å². The molecule has 108 valence electrons. The van der Waals surface area contributed by atoms with Crippen LogP contribution in [-0.4, -0.2) is 35.0 Å². The summed E-state index contributed by atoms with van der Waals surface area (Å²) in [5.41, 5.74) is 0.941. The van der Waals surface area contributed by atoms with Crippen molar-refractivity contribution in [3.63, 3.8) is 0 Å². The van der Waals surface area contributed by atoms with Gasteiger partial charge >= 0.3 is 5.97 Å². The maximum atomic E-state index is 12.4. The standard InChI is InChI=1S/C15H19NO3S/c1-9-6-13(20-12(9)4-5-14(17)18)15(19)16-7-10(2)11(3)8-16/h4-6,10-11H,7-8H2,1-3H3,(H,17,18)/b5-4+. The number of amides is 1.